The van der Waals surface area contributed by atoms with Crippen molar-refractivity contribution in [1.29, 1.82) is 0 Å². The summed E-state index contributed by atoms with van der Waals surface area (Å²) in [6, 6.07) is 0. The third kappa shape index (κ3) is 1.64. The zero-order chi connectivity index (χ0) is 8.55. The van der Waals surface area contributed by atoms with Crippen molar-refractivity contribution in [3.63, 3.8) is 0 Å². The molecule has 2 aliphatic rings. The third-order valence-corrected chi connectivity index (χ3v) is 4.07. The van der Waals surface area contributed by atoms with Gasteiger partial charge in [-0.3, -0.25) is 0 Å². The van der Waals surface area contributed by atoms with Crippen LogP contribution < -0.4 is 0 Å². The zero-order valence-corrected chi connectivity index (χ0v) is 8.76. The second-order valence-electron chi connectivity index (χ2n) is 4.60. The van der Waals surface area contributed by atoms with Crippen LogP contribution in [0.4, 0.5) is 0 Å². The number of nitrogens with zero attached hydrogens (tertiary/aromatic N) is 1. The summed E-state index contributed by atoms with van der Waals surface area (Å²) < 4.78 is 0. The molecule has 1 aliphatic heterocycles. The summed E-state index contributed by atoms with van der Waals surface area (Å²) in [5, 5.41) is 0. The van der Waals surface area contributed by atoms with Gasteiger partial charge in [-0.25, -0.2) is 0 Å². The number of thiol groups is 1. The zero-order valence-electron chi connectivity index (χ0n) is 7.87. The lowest BCUT2D eigenvalue weighted by atomic mass is 9.77. The van der Waals surface area contributed by atoms with Crippen molar-refractivity contribution in [3.05, 3.63) is 0 Å². The predicted octanol–water partition coefficient (Wildman–Crippen LogP) is 1.89. The minimum atomic E-state index is 0.769. The first-order valence-electron chi connectivity index (χ1n) is 5.13. The molecule has 0 bridgehead atoms. The summed E-state index contributed by atoms with van der Waals surface area (Å²) in [6.07, 6.45) is 2.99. The van der Waals surface area contributed by atoms with Crippen LogP contribution in [-0.2, 0) is 0 Å². The summed E-state index contributed by atoms with van der Waals surface area (Å²) in [5.41, 5.74) is 0. The Morgan fingerprint density at radius 3 is 2.33 bits per heavy atom. The molecule has 0 radical (unpaired) electrons. The van der Waals surface area contributed by atoms with E-state index in [9.17, 15) is 0 Å². The van der Waals surface area contributed by atoms with Gasteiger partial charge in [0.05, 0.1) is 0 Å². The lowest BCUT2D eigenvalue weighted by Gasteiger charge is -2.28. The normalized spacial score (nSPS) is 37.5. The Morgan fingerprint density at radius 1 is 1.33 bits per heavy atom. The van der Waals surface area contributed by atoms with Crippen LogP contribution in [0, 0.1) is 17.8 Å². The maximum atomic E-state index is 4.32. The van der Waals surface area contributed by atoms with E-state index in [0.717, 1.165) is 23.5 Å². The van der Waals surface area contributed by atoms with E-state index in [1.54, 1.807) is 0 Å². The number of likely N-dealkylation sites (tertiary alicyclic amines) is 1. The molecule has 0 aromatic carbocycles. The van der Waals surface area contributed by atoms with E-state index in [0.29, 0.717) is 0 Å². The van der Waals surface area contributed by atoms with E-state index < -0.39 is 0 Å². The number of hydrogen-bond donors (Lipinski definition) is 1. The molecule has 1 heterocycles. The summed E-state index contributed by atoms with van der Waals surface area (Å²) >= 11 is 4.32. The van der Waals surface area contributed by atoms with E-state index >= 15 is 0 Å². The van der Waals surface area contributed by atoms with Crippen LogP contribution in [0.15, 0.2) is 0 Å². The standard InChI is InChI=1S/C10H19NS/c1-8(7-12)4-11-5-9-2-3-10(9)6-11/h8-10,12H,2-7H2,1H3. The van der Waals surface area contributed by atoms with Crippen LogP contribution in [0.3, 0.4) is 0 Å². The van der Waals surface area contributed by atoms with E-state index in [-0.39, 0.29) is 0 Å². The highest BCUT2D eigenvalue weighted by Gasteiger charge is 2.38. The first-order valence-corrected chi connectivity index (χ1v) is 5.76. The molecular formula is C10H19NS. The van der Waals surface area contributed by atoms with Crippen molar-refractivity contribution in [2.75, 3.05) is 25.4 Å². The summed E-state index contributed by atoms with van der Waals surface area (Å²) in [4.78, 5) is 2.64. The first-order chi connectivity index (χ1) is 5.79. The van der Waals surface area contributed by atoms with Crippen LogP contribution in [0.1, 0.15) is 19.8 Å². The summed E-state index contributed by atoms with van der Waals surface area (Å²) in [5.74, 6) is 3.94. The molecule has 70 valence electrons. The average Bonchev–Trinajstić information content (AvgIpc) is 2.30. The number of hydrogen-bond acceptors (Lipinski definition) is 2. The van der Waals surface area contributed by atoms with Gasteiger partial charge >= 0.3 is 0 Å². The molecule has 2 fully saturated rings. The van der Waals surface area contributed by atoms with E-state index in [1.165, 1.54) is 32.5 Å². The van der Waals surface area contributed by atoms with E-state index in [2.05, 4.69) is 24.5 Å². The Labute approximate surface area is 80.9 Å². The maximum Gasteiger partial charge on any atom is 0.00150 e. The topological polar surface area (TPSA) is 3.24 Å². The van der Waals surface area contributed by atoms with Gasteiger partial charge in [0.25, 0.3) is 0 Å². The smallest absolute Gasteiger partial charge is 0.00150 e. The first kappa shape index (κ1) is 8.89. The Balaban J connectivity index is 1.75. The molecule has 0 N–H and O–H groups in total. The predicted molar refractivity (Wildman–Crippen MR) is 55.7 cm³/mol. The molecule has 0 spiro atoms. The fraction of sp³-hybridized carbons (Fsp3) is 1.00. The Bertz CT molecular complexity index is 148. The van der Waals surface area contributed by atoms with Crippen molar-refractivity contribution >= 4 is 12.6 Å². The Morgan fingerprint density at radius 2 is 1.92 bits per heavy atom. The molecule has 12 heavy (non-hydrogen) atoms. The van der Waals surface area contributed by atoms with Gasteiger partial charge in [-0.05, 0) is 36.3 Å². The largest absolute Gasteiger partial charge is 0.302 e. The fourth-order valence-corrected chi connectivity index (χ4v) is 2.62. The van der Waals surface area contributed by atoms with Gasteiger partial charge in [-0.15, -0.1) is 0 Å². The summed E-state index contributed by atoms with van der Waals surface area (Å²) in [7, 11) is 0. The molecule has 1 nitrogen and oxygen atoms in total. The number of rotatable bonds is 3. The lowest BCUT2D eigenvalue weighted by molar-refractivity contribution is 0.243. The molecule has 0 aromatic heterocycles. The number of fused-ring (bicyclic) bond motifs is 1. The van der Waals surface area contributed by atoms with Gasteiger partial charge in [0, 0.05) is 19.6 Å². The van der Waals surface area contributed by atoms with Crippen LogP contribution in [-0.4, -0.2) is 30.3 Å². The van der Waals surface area contributed by atoms with Gasteiger partial charge < -0.3 is 4.90 Å². The minimum absolute atomic E-state index is 0.769. The molecule has 2 heteroatoms. The second kappa shape index (κ2) is 3.59. The highest BCUT2D eigenvalue weighted by Crippen LogP contribution is 2.40. The highest BCUT2D eigenvalue weighted by atomic mass is 32.1. The fourth-order valence-electron chi connectivity index (χ4n) is 2.50. The lowest BCUT2D eigenvalue weighted by Crippen LogP contribution is -2.26. The van der Waals surface area contributed by atoms with Crippen molar-refractivity contribution in [2.24, 2.45) is 17.8 Å². The van der Waals surface area contributed by atoms with Gasteiger partial charge in [0.15, 0.2) is 0 Å². The Kier molecular flexibility index (Phi) is 2.66. The van der Waals surface area contributed by atoms with Crippen molar-refractivity contribution in [1.82, 2.24) is 4.90 Å². The monoisotopic (exact) mass is 185 g/mol. The quantitative estimate of drug-likeness (QED) is 0.657. The minimum Gasteiger partial charge on any atom is -0.302 e. The van der Waals surface area contributed by atoms with Gasteiger partial charge in [-0.2, -0.15) is 12.6 Å². The molecular weight excluding hydrogens is 166 g/mol. The van der Waals surface area contributed by atoms with Gasteiger partial charge in [-0.1, -0.05) is 6.92 Å². The highest BCUT2D eigenvalue weighted by molar-refractivity contribution is 7.80. The molecule has 0 aromatic rings. The van der Waals surface area contributed by atoms with Crippen LogP contribution in [0.25, 0.3) is 0 Å². The van der Waals surface area contributed by atoms with Crippen molar-refractivity contribution in [3.8, 4) is 0 Å². The van der Waals surface area contributed by atoms with Crippen LogP contribution in [0.5, 0.6) is 0 Å². The van der Waals surface area contributed by atoms with Gasteiger partial charge in [0.1, 0.15) is 0 Å². The van der Waals surface area contributed by atoms with Crippen molar-refractivity contribution in [2.45, 2.75) is 19.8 Å². The van der Waals surface area contributed by atoms with Crippen LogP contribution >= 0.6 is 12.6 Å². The molecule has 1 aliphatic carbocycles. The Hall–Kier alpha value is 0.310. The second-order valence-corrected chi connectivity index (χ2v) is 4.97. The SMILES string of the molecule is CC(CS)CN1CC2CCC2C1. The van der Waals surface area contributed by atoms with E-state index in [4.69, 9.17) is 0 Å². The van der Waals surface area contributed by atoms with Gasteiger partial charge in [0.2, 0.25) is 0 Å². The van der Waals surface area contributed by atoms with Crippen molar-refractivity contribution < 1.29 is 0 Å². The summed E-state index contributed by atoms with van der Waals surface area (Å²) in [6.45, 7) is 6.33. The average molecular weight is 185 g/mol. The van der Waals surface area contributed by atoms with E-state index in [1.807, 2.05) is 0 Å². The molecule has 2 rings (SSSR count). The molecule has 1 saturated carbocycles. The molecule has 3 atom stereocenters. The maximum absolute atomic E-state index is 4.32. The third-order valence-electron chi connectivity index (χ3n) is 3.44. The van der Waals surface area contributed by atoms with Crippen LogP contribution in [0.2, 0.25) is 0 Å². The molecule has 3 unspecified atom stereocenters. The molecule has 0 amide bonds. The molecule has 1 saturated heterocycles.